The van der Waals surface area contributed by atoms with Gasteiger partial charge < -0.3 is 15.1 Å². The maximum Gasteiger partial charge on any atom is 0.264 e. The highest BCUT2D eigenvalue weighted by Gasteiger charge is 2.40. The van der Waals surface area contributed by atoms with Crippen LogP contribution in [0.1, 0.15) is 46.7 Å². The normalized spacial score (nSPS) is 28.4. The molecule has 3 fully saturated rings. The Morgan fingerprint density at radius 2 is 1.77 bits per heavy atom. The first-order chi connectivity index (χ1) is 12.1. The summed E-state index contributed by atoms with van der Waals surface area (Å²) in [4.78, 5) is 31.2. The van der Waals surface area contributed by atoms with Crippen molar-refractivity contribution >= 4 is 35.6 Å². The number of carbonyl (C=O) groups is 2. The Hall–Kier alpha value is -1.11. The van der Waals surface area contributed by atoms with Crippen LogP contribution in [0.15, 0.2) is 12.1 Å². The quantitative estimate of drug-likeness (QED) is 0.834. The molecule has 2 amide bonds. The minimum absolute atomic E-state index is 0. The van der Waals surface area contributed by atoms with E-state index >= 15 is 0 Å². The van der Waals surface area contributed by atoms with E-state index in [9.17, 15) is 9.59 Å². The molecule has 0 spiro atoms. The molecule has 1 aromatic rings. The van der Waals surface area contributed by atoms with Gasteiger partial charge in [0.2, 0.25) is 5.91 Å². The number of fused-ring (bicyclic) bond motifs is 1. The SMILES string of the molecule is Cc1ccc(C(=O)N2CCN(C(=O)C3CC4CCCCC4N3)CC2)s1.Cl. The number of amides is 2. The number of piperazine rings is 1. The van der Waals surface area contributed by atoms with Gasteiger partial charge in [-0.05, 0) is 44.2 Å². The van der Waals surface area contributed by atoms with E-state index < -0.39 is 0 Å². The van der Waals surface area contributed by atoms with Crippen LogP contribution in [0.2, 0.25) is 0 Å². The fraction of sp³-hybridized carbons (Fsp3) is 0.684. The lowest BCUT2D eigenvalue weighted by Gasteiger charge is -2.35. The summed E-state index contributed by atoms with van der Waals surface area (Å²) in [6.45, 7) is 4.61. The molecule has 3 heterocycles. The third-order valence-corrected chi connectivity index (χ3v) is 6.98. The van der Waals surface area contributed by atoms with Gasteiger partial charge in [0, 0.05) is 37.1 Å². The third kappa shape index (κ3) is 3.92. The molecule has 0 radical (unpaired) electrons. The second kappa shape index (κ2) is 8.28. The van der Waals surface area contributed by atoms with Crippen molar-refractivity contribution in [3.8, 4) is 0 Å². The summed E-state index contributed by atoms with van der Waals surface area (Å²) in [5, 5.41) is 3.58. The van der Waals surface area contributed by atoms with Crippen LogP contribution in [0.4, 0.5) is 0 Å². The van der Waals surface area contributed by atoms with E-state index in [4.69, 9.17) is 0 Å². The van der Waals surface area contributed by atoms with Crippen LogP contribution < -0.4 is 5.32 Å². The third-order valence-electron chi connectivity index (χ3n) is 5.99. The molecule has 2 aliphatic heterocycles. The standard InChI is InChI=1S/C19H27N3O2S.ClH/c1-13-6-7-17(25-13)19(24)22-10-8-21(9-11-22)18(23)16-12-14-4-2-3-5-15(14)20-16;/h6-7,14-16,20H,2-5,8-12H2,1H3;1H. The summed E-state index contributed by atoms with van der Waals surface area (Å²) in [7, 11) is 0. The van der Waals surface area contributed by atoms with Crippen LogP contribution in [-0.4, -0.2) is 59.9 Å². The van der Waals surface area contributed by atoms with Gasteiger partial charge in [-0.2, -0.15) is 0 Å². The molecule has 3 aliphatic rings. The summed E-state index contributed by atoms with van der Waals surface area (Å²) in [5.41, 5.74) is 0. The molecule has 3 atom stereocenters. The van der Waals surface area contributed by atoms with E-state index in [-0.39, 0.29) is 30.3 Å². The first kappa shape index (κ1) is 19.6. The minimum Gasteiger partial charge on any atom is -0.338 e. The second-order valence-electron chi connectivity index (χ2n) is 7.63. The van der Waals surface area contributed by atoms with E-state index in [1.54, 1.807) is 11.3 Å². The van der Waals surface area contributed by atoms with Gasteiger partial charge in [0.15, 0.2) is 0 Å². The Labute approximate surface area is 165 Å². The molecule has 1 saturated carbocycles. The van der Waals surface area contributed by atoms with Crippen molar-refractivity contribution < 1.29 is 9.59 Å². The predicted octanol–water partition coefficient (Wildman–Crippen LogP) is 2.68. The number of nitrogens with zero attached hydrogens (tertiary/aromatic N) is 2. The van der Waals surface area contributed by atoms with Gasteiger partial charge in [-0.1, -0.05) is 12.8 Å². The largest absolute Gasteiger partial charge is 0.338 e. The molecular formula is C19H28ClN3O2S. The van der Waals surface area contributed by atoms with Crippen LogP contribution in [0.5, 0.6) is 0 Å². The first-order valence-corrected chi connectivity index (χ1v) is 10.3. The van der Waals surface area contributed by atoms with Gasteiger partial charge in [-0.3, -0.25) is 9.59 Å². The van der Waals surface area contributed by atoms with Crippen molar-refractivity contribution in [1.29, 1.82) is 0 Å². The number of carbonyl (C=O) groups excluding carboxylic acids is 2. The molecule has 26 heavy (non-hydrogen) atoms. The number of rotatable bonds is 2. The number of halogens is 1. The molecule has 7 heteroatoms. The van der Waals surface area contributed by atoms with Crippen LogP contribution in [-0.2, 0) is 4.79 Å². The zero-order valence-corrected chi connectivity index (χ0v) is 16.9. The molecule has 144 valence electrons. The van der Waals surface area contributed by atoms with Crippen molar-refractivity contribution in [3.05, 3.63) is 21.9 Å². The number of aryl methyl sites for hydroxylation is 1. The number of hydrogen-bond donors (Lipinski definition) is 1. The molecule has 0 bridgehead atoms. The maximum absolute atomic E-state index is 12.9. The Kier molecular flexibility index (Phi) is 6.25. The molecule has 2 saturated heterocycles. The molecule has 3 unspecified atom stereocenters. The van der Waals surface area contributed by atoms with Crippen molar-refractivity contribution in [2.45, 2.75) is 51.1 Å². The lowest BCUT2D eigenvalue weighted by atomic mass is 9.85. The van der Waals surface area contributed by atoms with E-state index in [0.29, 0.717) is 38.1 Å². The van der Waals surface area contributed by atoms with E-state index in [1.165, 1.54) is 25.7 Å². The summed E-state index contributed by atoms with van der Waals surface area (Å²) in [6, 6.07) is 4.44. The highest BCUT2D eigenvalue weighted by molar-refractivity contribution is 7.13. The molecule has 4 rings (SSSR count). The molecule has 0 aromatic carbocycles. The molecule has 1 aliphatic carbocycles. The van der Waals surface area contributed by atoms with Gasteiger partial charge in [0.1, 0.15) is 0 Å². The zero-order chi connectivity index (χ0) is 17.4. The molecule has 1 aromatic heterocycles. The highest BCUT2D eigenvalue weighted by Crippen LogP contribution is 2.33. The van der Waals surface area contributed by atoms with E-state index in [0.717, 1.165) is 16.2 Å². The van der Waals surface area contributed by atoms with Gasteiger partial charge in [-0.15, -0.1) is 23.7 Å². The van der Waals surface area contributed by atoms with Crippen molar-refractivity contribution in [2.75, 3.05) is 26.2 Å². The molecule has 1 N–H and O–H groups in total. The number of thiophene rings is 1. The van der Waals surface area contributed by atoms with Crippen molar-refractivity contribution in [2.24, 2.45) is 5.92 Å². The van der Waals surface area contributed by atoms with Crippen LogP contribution in [0.3, 0.4) is 0 Å². The number of nitrogens with one attached hydrogen (secondary N) is 1. The molecule has 5 nitrogen and oxygen atoms in total. The van der Waals surface area contributed by atoms with Crippen molar-refractivity contribution in [1.82, 2.24) is 15.1 Å². The van der Waals surface area contributed by atoms with Crippen LogP contribution >= 0.6 is 23.7 Å². The molecular weight excluding hydrogens is 370 g/mol. The van der Waals surface area contributed by atoms with Gasteiger partial charge >= 0.3 is 0 Å². The predicted molar refractivity (Wildman–Crippen MR) is 106 cm³/mol. The Morgan fingerprint density at radius 3 is 2.42 bits per heavy atom. The van der Waals surface area contributed by atoms with Gasteiger partial charge in [-0.25, -0.2) is 0 Å². The fourth-order valence-electron chi connectivity index (χ4n) is 4.57. The van der Waals surface area contributed by atoms with Crippen molar-refractivity contribution in [3.63, 3.8) is 0 Å². The Morgan fingerprint density at radius 1 is 1.08 bits per heavy atom. The monoisotopic (exact) mass is 397 g/mol. The average molecular weight is 398 g/mol. The lowest BCUT2D eigenvalue weighted by molar-refractivity contribution is -0.134. The van der Waals surface area contributed by atoms with E-state index in [1.807, 2.05) is 28.9 Å². The first-order valence-electron chi connectivity index (χ1n) is 9.52. The van der Waals surface area contributed by atoms with Gasteiger partial charge in [0.25, 0.3) is 5.91 Å². The Bertz CT molecular complexity index is 643. The summed E-state index contributed by atoms with van der Waals surface area (Å²) in [5.74, 6) is 1.04. The van der Waals surface area contributed by atoms with Crippen LogP contribution in [0.25, 0.3) is 0 Å². The average Bonchev–Trinajstić information content (AvgIpc) is 3.26. The summed E-state index contributed by atoms with van der Waals surface area (Å²) >= 11 is 1.55. The fourth-order valence-corrected chi connectivity index (χ4v) is 5.40. The summed E-state index contributed by atoms with van der Waals surface area (Å²) < 4.78 is 0. The highest BCUT2D eigenvalue weighted by atomic mass is 35.5. The second-order valence-corrected chi connectivity index (χ2v) is 8.92. The zero-order valence-electron chi connectivity index (χ0n) is 15.3. The minimum atomic E-state index is -0.00435. The Balaban J connectivity index is 0.00000196. The summed E-state index contributed by atoms with van der Waals surface area (Å²) in [6.07, 6.45) is 6.09. The number of hydrogen-bond acceptors (Lipinski definition) is 4. The smallest absolute Gasteiger partial charge is 0.264 e. The maximum atomic E-state index is 12.9. The van der Waals surface area contributed by atoms with E-state index in [2.05, 4.69) is 5.32 Å². The lowest BCUT2D eigenvalue weighted by Crippen LogP contribution is -2.54. The van der Waals surface area contributed by atoms with Gasteiger partial charge in [0.05, 0.1) is 10.9 Å². The topological polar surface area (TPSA) is 52.7 Å². The van der Waals surface area contributed by atoms with Crippen LogP contribution in [0, 0.1) is 12.8 Å².